The van der Waals surface area contributed by atoms with Crippen molar-refractivity contribution >= 4 is 16.7 Å². The zero-order chi connectivity index (χ0) is 12.8. The Labute approximate surface area is 109 Å². The average molecular weight is 243 g/mol. The normalized spacial score (nSPS) is 11.1. The highest BCUT2D eigenvalue weighted by Gasteiger charge is 1.97. The first-order valence-corrected chi connectivity index (χ1v) is 6.50. The molecule has 0 saturated heterocycles. The van der Waals surface area contributed by atoms with Crippen molar-refractivity contribution in [2.75, 3.05) is 32.5 Å². The van der Waals surface area contributed by atoms with Gasteiger partial charge in [0.25, 0.3) is 0 Å². The summed E-state index contributed by atoms with van der Waals surface area (Å²) in [5.41, 5.74) is 1.05. The summed E-state index contributed by atoms with van der Waals surface area (Å²) in [7, 11) is 4.22. The van der Waals surface area contributed by atoms with E-state index < -0.39 is 0 Å². The minimum absolute atomic E-state index is 0.971. The number of benzene rings is 1. The minimum atomic E-state index is 0.971. The van der Waals surface area contributed by atoms with Crippen LogP contribution in [-0.2, 0) is 0 Å². The molecule has 3 nitrogen and oxygen atoms in total. The Bertz CT molecular complexity index is 494. The Balaban J connectivity index is 1.84. The molecule has 0 unspecified atom stereocenters. The predicted octanol–water partition coefficient (Wildman–Crippen LogP) is 2.99. The summed E-state index contributed by atoms with van der Waals surface area (Å²) in [6.45, 7) is 2.13. The molecule has 0 atom stereocenters. The molecule has 0 saturated carbocycles. The number of hydrogen-bond donors (Lipinski definition) is 1. The lowest BCUT2D eigenvalue weighted by atomic mass is 10.2. The number of aromatic nitrogens is 1. The molecule has 0 fully saturated rings. The molecule has 18 heavy (non-hydrogen) atoms. The number of nitrogens with one attached hydrogen (secondary N) is 1. The quantitative estimate of drug-likeness (QED) is 0.791. The maximum Gasteiger partial charge on any atom is 0.126 e. The lowest BCUT2D eigenvalue weighted by Gasteiger charge is -2.10. The molecule has 1 aromatic heterocycles. The van der Waals surface area contributed by atoms with Crippen molar-refractivity contribution in [3.05, 3.63) is 36.4 Å². The highest BCUT2D eigenvalue weighted by atomic mass is 15.0. The van der Waals surface area contributed by atoms with E-state index in [0.29, 0.717) is 0 Å². The molecule has 2 rings (SSSR count). The number of rotatable bonds is 6. The first-order chi connectivity index (χ1) is 8.75. The first-order valence-electron chi connectivity index (χ1n) is 6.50. The van der Waals surface area contributed by atoms with Gasteiger partial charge in [0.2, 0.25) is 0 Å². The van der Waals surface area contributed by atoms with E-state index in [9.17, 15) is 0 Å². The molecule has 1 heterocycles. The number of anilines is 1. The van der Waals surface area contributed by atoms with Crippen LogP contribution in [0.5, 0.6) is 0 Å². The maximum atomic E-state index is 4.59. The van der Waals surface area contributed by atoms with E-state index in [1.807, 2.05) is 24.3 Å². The van der Waals surface area contributed by atoms with Crippen molar-refractivity contribution in [1.82, 2.24) is 9.88 Å². The largest absolute Gasteiger partial charge is 0.370 e. The highest BCUT2D eigenvalue weighted by molar-refractivity contribution is 5.79. The highest BCUT2D eigenvalue weighted by Crippen LogP contribution is 2.14. The topological polar surface area (TPSA) is 28.2 Å². The molecule has 0 amide bonds. The van der Waals surface area contributed by atoms with Gasteiger partial charge in [0.15, 0.2) is 0 Å². The number of unbranched alkanes of at least 4 members (excludes halogenated alkanes) is 1. The van der Waals surface area contributed by atoms with Crippen LogP contribution in [0.4, 0.5) is 5.82 Å². The molecule has 0 aliphatic heterocycles. The molecule has 96 valence electrons. The van der Waals surface area contributed by atoms with Gasteiger partial charge < -0.3 is 10.2 Å². The van der Waals surface area contributed by atoms with Gasteiger partial charge in [-0.05, 0) is 51.7 Å². The van der Waals surface area contributed by atoms with Crippen LogP contribution in [-0.4, -0.2) is 37.1 Å². The van der Waals surface area contributed by atoms with Gasteiger partial charge in [-0.2, -0.15) is 0 Å². The third-order valence-corrected chi connectivity index (χ3v) is 2.94. The molecular weight excluding hydrogens is 222 g/mol. The zero-order valence-electron chi connectivity index (χ0n) is 11.2. The monoisotopic (exact) mass is 243 g/mol. The molecule has 0 spiro atoms. The van der Waals surface area contributed by atoms with Crippen LogP contribution in [0.3, 0.4) is 0 Å². The number of nitrogens with zero attached hydrogens (tertiary/aromatic N) is 2. The third-order valence-electron chi connectivity index (χ3n) is 2.94. The smallest absolute Gasteiger partial charge is 0.126 e. The fourth-order valence-electron chi connectivity index (χ4n) is 1.93. The van der Waals surface area contributed by atoms with Gasteiger partial charge in [-0.25, -0.2) is 4.98 Å². The summed E-state index contributed by atoms with van der Waals surface area (Å²) in [4.78, 5) is 6.80. The van der Waals surface area contributed by atoms with E-state index in [4.69, 9.17) is 0 Å². The van der Waals surface area contributed by atoms with Crippen molar-refractivity contribution in [2.45, 2.75) is 12.8 Å². The van der Waals surface area contributed by atoms with E-state index in [0.717, 1.165) is 24.4 Å². The van der Waals surface area contributed by atoms with Crippen molar-refractivity contribution in [3.8, 4) is 0 Å². The fourth-order valence-corrected chi connectivity index (χ4v) is 1.93. The second-order valence-corrected chi connectivity index (χ2v) is 4.83. The number of para-hydroxylation sites is 1. The molecule has 1 aromatic carbocycles. The summed E-state index contributed by atoms with van der Waals surface area (Å²) in [6, 6.07) is 12.4. The van der Waals surface area contributed by atoms with Gasteiger partial charge >= 0.3 is 0 Å². The van der Waals surface area contributed by atoms with Crippen molar-refractivity contribution in [1.29, 1.82) is 0 Å². The molecule has 1 N–H and O–H groups in total. The Kier molecular flexibility index (Phi) is 4.53. The van der Waals surface area contributed by atoms with E-state index in [1.54, 1.807) is 0 Å². The summed E-state index contributed by atoms with van der Waals surface area (Å²) in [5.74, 6) is 0.971. The molecule has 0 bridgehead atoms. The van der Waals surface area contributed by atoms with E-state index in [2.05, 4.69) is 41.4 Å². The summed E-state index contributed by atoms with van der Waals surface area (Å²) < 4.78 is 0. The molecule has 0 aliphatic carbocycles. The maximum absolute atomic E-state index is 4.59. The van der Waals surface area contributed by atoms with E-state index in [1.165, 1.54) is 18.2 Å². The SMILES string of the molecule is CN(C)CCCCNc1ccc2ccccc2n1. The van der Waals surface area contributed by atoms with Crippen LogP contribution < -0.4 is 5.32 Å². The van der Waals surface area contributed by atoms with Crippen LogP contribution in [0.15, 0.2) is 36.4 Å². The van der Waals surface area contributed by atoms with Crippen LogP contribution in [0, 0.1) is 0 Å². The van der Waals surface area contributed by atoms with Gasteiger partial charge in [0.1, 0.15) is 5.82 Å². The van der Waals surface area contributed by atoms with Gasteiger partial charge in [0, 0.05) is 11.9 Å². The Morgan fingerprint density at radius 3 is 2.72 bits per heavy atom. The van der Waals surface area contributed by atoms with Crippen LogP contribution in [0.25, 0.3) is 10.9 Å². The van der Waals surface area contributed by atoms with Crippen LogP contribution >= 0.6 is 0 Å². The molecule has 0 radical (unpaired) electrons. The second-order valence-electron chi connectivity index (χ2n) is 4.83. The van der Waals surface area contributed by atoms with Crippen molar-refractivity contribution < 1.29 is 0 Å². The molecule has 3 heteroatoms. The third kappa shape index (κ3) is 3.70. The van der Waals surface area contributed by atoms with Crippen LogP contribution in [0.2, 0.25) is 0 Å². The Morgan fingerprint density at radius 1 is 1.06 bits per heavy atom. The Hall–Kier alpha value is -1.61. The predicted molar refractivity (Wildman–Crippen MR) is 78.0 cm³/mol. The summed E-state index contributed by atoms with van der Waals surface area (Å²) in [5, 5.41) is 4.57. The van der Waals surface area contributed by atoms with Crippen LogP contribution in [0.1, 0.15) is 12.8 Å². The molecular formula is C15H21N3. The zero-order valence-corrected chi connectivity index (χ0v) is 11.2. The fraction of sp³-hybridized carbons (Fsp3) is 0.400. The number of fused-ring (bicyclic) bond motifs is 1. The number of pyridine rings is 1. The summed E-state index contributed by atoms with van der Waals surface area (Å²) >= 11 is 0. The standard InChI is InChI=1S/C15H21N3/c1-18(2)12-6-5-11-16-15-10-9-13-7-3-4-8-14(13)17-15/h3-4,7-10H,5-6,11-12H2,1-2H3,(H,16,17). The number of hydrogen-bond acceptors (Lipinski definition) is 3. The van der Waals surface area contributed by atoms with E-state index in [-0.39, 0.29) is 0 Å². The summed E-state index contributed by atoms with van der Waals surface area (Å²) in [6.07, 6.45) is 2.39. The van der Waals surface area contributed by atoms with Gasteiger partial charge in [0.05, 0.1) is 5.52 Å². The average Bonchev–Trinajstić information content (AvgIpc) is 2.38. The van der Waals surface area contributed by atoms with Crippen molar-refractivity contribution in [2.24, 2.45) is 0 Å². The Morgan fingerprint density at radius 2 is 1.89 bits per heavy atom. The first kappa shape index (κ1) is 12.8. The van der Waals surface area contributed by atoms with Gasteiger partial charge in [-0.3, -0.25) is 0 Å². The minimum Gasteiger partial charge on any atom is -0.370 e. The van der Waals surface area contributed by atoms with Gasteiger partial charge in [-0.1, -0.05) is 18.2 Å². The van der Waals surface area contributed by atoms with E-state index >= 15 is 0 Å². The second kappa shape index (κ2) is 6.36. The molecule has 0 aliphatic rings. The lowest BCUT2D eigenvalue weighted by molar-refractivity contribution is 0.396. The van der Waals surface area contributed by atoms with Crippen molar-refractivity contribution in [3.63, 3.8) is 0 Å². The van der Waals surface area contributed by atoms with Gasteiger partial charge in [-0.15, -0.1) is 0 Å². The molecule has 2 aromatic rings. The lowest BCUT2D eigenvalue weighted by Crippen LogP contribution is -2.14.